The summed E-state index contributed by atoms with van der Waals surface area (Å²) in [6.45, 7) is 7.93. The molecular weight excluding hydrogens is 414 g/mol. The van der Waals surface area contributed by atoms with Gasteiger partial charge in [-0.2, -0.15) is 4.37 Å². The highest BCUT2D eigenvalue weighted by atomic mass is 32.1. The number of hydrogen-bond donors (Lipinski definition) is 3. The second kappa shape index (κ2) is 10.4. The van der Waals surface area contributed by atoms with Crippen molar-refractivity contribution >= 4 is 34.9 Å². The van der Waals surface area contributed by atoms with Gasteiger partial charge in [0.1, 0.15) is 10.9 Å². The fraction of sp³-hybridized carbons (Fsp3) is 0.455. The minimum absolute atomic E-state index is 0.0500. The maximum Gasteiger partial charge on any atom is 0.270 e. The Bertz CT molecular complexity index is 921. The molecule has 0 saturated carbocycles. The molecule has 2 aromatic rings. The van der Waals surface area contributed by atoms with Crippen LogP contribution in [0.4, 0.5) is 5.69 Å². The first-order chi connectivity index (χ1) is 14.5. The number of nitrogen functional groups attached to an aromatic ring is 1. The zero-order valence-corrected chi connectivity index (χ0v) is 19.3. The number of carbonyl (C=O) groups is 3. The molecule has 9 heteroatoms. The van der Waals surface area contributed by atoms with Gasteiger partial charge < -0.3 is 21.7 Å². The maximum absolute atomic E-state index is 13.6. The summed E-state index contributed by atoms with van der Waals surface area (Å²) in [7, 11) is 0. The van der Waals surface area contributed by atoms with Crippen LogP contribution in [0.2, 0.25) is 0 Å². The molecule has 1 atom stereocenters. The lowest BCUT2D eigenvalue weighted by atomic mass is 10.0. The summed E-state index contributed by atoms with van der Waals surface area (Å²) in [5.41, 5.74) is 11.6. The Morgan fingerprint density at radius 2 is 1.84 bits per heavy atom. The number of nitrogens with two attached hydrogens (primary N) is 2. The van der Waals surface area contributed by atoms with Gasteiger partial charge in [-0.3, -0.25) is 14.4 Å². The minimum atomic E-state index is -0.796. The Labute approximate surface area is 187 Å². The molecule has 0 unspecified atom stereocenters. The van der Waals surface area contributed by atoms with Crippen LogP contribution < -0.4 is 16.8 Å². The summed E-state index contributed by atoms with van der Waals surface area (Å²) >= 11 is 0.819. The number of hydrogen-bond acceptors (Lipinski definition) is 6. The monoisotopic (exact) mass is 445 g/mol. The average Bonchev–Trinajstić information content (AvgIpc) is 3.08. The van der Waals surface area contributed by atoms with Crippen molar-refractivity contribution in [3.63, 3.8) is 0 Å². The Morgan fingerprint density at radius 3 is 2.35 bits per heavy atom. The molecule has 168 valence electrons. The summed E-state index contributed by atoms with van der Waals surface area (Å²) in [6.07, 6.45) is 2.14. The largest absolute Gasteiger partial charge is 0.395 e. The molecule has 0 radical (unpaired) electrons. The highest BCUT2D eigenvalue weighted by Gasteiger charge is 2.34. The van der Waals surface area contributed by atoms with Gasteiger partial charge in [-0.25, -0.2) is 0 Å². The molecule has 31 heavy (non-hydrogen) atoms. The van der Waals surface area contributed by atoms with E-state index >= 15 is 0 Å². The van der Waals surface area contributed by atoms with Crippen LogP contribution in [0, 0.1) is 0 Å². The van der Waals surface area contributed by atoms with Gasteiger partial charge in [-0.05, 0) is 44.3 Å². The summed E-state index contributed by atoms with van der Waals surface area (Å²) < 4.78 is 3.95. The molecule has 1 aromatic carbocycles. The molecule has 0 fully saturated rings. The molecule has 0 bridgehead atoms. The van der Waals surface area contributed by atoms with Crippen LogP contribution in [-0.4, -0.2) is 38.6 Å². The molecule has 0 aliphatic carbocycles. The van der Waals surface area contributed by atoms with Gasteiger partial charge in [0.25, 0.3) is 11.8 Å². The van der Waals surface area contributed by atoms with Gasteiger partial charge in [0.15, 0.2) is 5.69 Å². The van der Waals surface area contributed by atoms with Crippen molar-refractivity contribution < 1.29 is 14.4 Å². The molecule has 0 aliphatic rings. The normalized spacial score (nSPS) is 12.3. The summed E-state index contributed by atoms with van der Waals surface area (Å²) in [5, 5.41) is 2.99. The lowest BCUT2D eigenvalue weighted by Gasteiger charge is -2.33. The van der Waals surface area contributed by atoms with Gasteiger partial charge in [0.2, 0.25) is 5.91 Å². The van der Waals surface area contributed by atoms with E-state index in [1.807, 2.05) is 58.0 Å². The number of nitrogens with zero attached hydrogens (tertiary/aromatic N) is 2. The van der Waals surface area contributed by atoms with E-state index in [1.54, 1.807) is 0 Å². The number of rotatable bonds is 9. The number of unbranched alkanes of at least 4 members (excludes halogenated alkanes) is 1. The van der Waals surface area contributed by atoms with Gasteiger partial charge in [-0.15, -0.1) is 0 Å². The van der Waals surface area contributed by atoms with Crippen LogP contribution in [0.1, 0.15) is 72.7 Å². The Hall–Kier alpha value is -2.94. The van der Waals surface area contributed by atoms with E-state index in [2.05, 4.69) is 9.69 Å². The van der Waals surface area contributed by atoms with E-state index in [0.29, 0.717) is 6.42 Å². The Morgan fingerprint density at radius 1 is 1.19 bits per heavy atom. The Balaban J connectivity index is 2.49. The van der Waals surface area contributed by atoms with E-state index in [4.69, 9.17) is 11.5 Å². The van der Waals surface area contributed by atoms with Crippen molar-refractivity contribution in [2.75, 3.05) is 5.73 Å². The lowest BCUT2D eigenvalue weighted by Crippen LogP contribution is -2.53. The molecule has 8 nitrogen and oxygen atoms in total. The van der Waals surface area contributed by atoms with Crippen molar-refractivity contribution in [3.8, 4) is 0 Å². The van der Waals surface area contributed by atoms with Crippen molar-refractivity contribution in [2.45, 2.75) is 65.1 Å². The van der Waals surface area contributed by atoms with Gasteiger partial charge >= 0.3 is 0 Å². The lowest BCUT2D eigenvalue weighted by molar-refractivity contribution is -0.127. The van der Waals surface area contributed by atoms with Gasteiger partial charge in [0.05, 0.1) is 5.69 Å². The number of amides is 3. The predicted octanol–water partition coefficient (Wildman–Crippen LogP) is 2.94. The summed E-state index contributed by atoms with van der Waals surface area (Å²) in [6, 6.07) is 8.72. The second-order valence-electron chi connectivity index (χ2n) is 8.45. The van der Waals surface area contributed by atoms with Crippen molar-refractivity contribution in [1.29, 1.82) is 0 Å². The smallest absolute Gasteiger partial charge is 0.270 e. The molecule has 2 rings (SSSR count). The molecule has 0 aliphatic heterocycles. The standard InChI is InChI=1S/C22H31N5O3S/c1-5-6-12-15(20(29)25-22(2,3)4)27(13-14-10-8-7-9-11-14)21(30)18-16(23)17(19(24)28)26-31-18/h7-11,15H,5-6,12-13,23H2,1-4H3,(H2,24,28)(H,25,29)/t15-/m1/s1. The number of carbonyl (C=O) groups excluding carboxylic acids is 3. The van der Waals surface area contributed by atoms with Crippen LogP contribution in [0.15, 0.2) is 30.3 Å². The molecule has 0 saturated heterocycles. The van der Waals surface area contributed by atoms with E-state index < -0.39 is 23.4 Å². The zero-order chi connectivity index (χ0) is 23.2. The first-order valence-corrected chi connectivity index (χ1v) is 11.0. The highest BCUT2D eigenvalue weighted by molar-refractivity contribution is 7.09. The van der Waals surface area contributed by atoms with E-state index in [9.17, 15) is 14.4 Å². The van der Waals surface area contributed by atoms with E-state index in [-0.39, 0.29) is 28.7 Å². The van der Waals surface area contributed by atoms with E-state index in [0.717, 1.165) is 29.9 Å². The zero-order valence-electron chi connectivity index (χ0n) is 18.5. The number of aromatic nitrogens is 1. The quantitative estimate of drug-likeness (QED) is 0.546. The van der Waals surface area contributed by atoms with Crippen LogP contribution in [0.5, 0.6) is 0 Å². The summed E-state index contributed by atoms with van der Waals surface area (Å²) in [4.78, 5) is 39.9. The maximum atomic E-state index is 13.6. The average molecular weight is 446 g/mol. The van der Waals surface area contributed by atoms with Crippen molar-refractivity contribution in [2.24, 2.45) is 5.73 Å². The second-order valence-corrected chi connectivity index (χ2v) is 9.23. The molecule has 1 heterocycles. The van der Waals surface area contributed by atoms with Crippen molar-refractivity contribution in [1.82, 2.24) is 14.6 Å². The third-order valence-electron chi connectivity index (χ3n) is 4.62. The van der Waals surface area contributed by atoms with Crippen LogP contribution in [0.3, 0.4) is 0 Å². The van der Waals surface area contributed by atoms with Crippen LogP contribution >= 0.6 is 11.5 Å². The third kappa shape index (κ3) is 6.52. The predicted molar refractivity (Wildman–Crippen MR) is 123 cm³/mol. The first kappa shape index (κ1) is 24.3. The van der Waals surface area contributed by atoms with Gasteiger partial charge in [-0.1, -0.05) is 50.1 Å². The number of anilines is 1. The SMILES string of the molecule is CCCC[C@H](C(=O)NC(C)(C)C)N(Cc1ccccc1)C(=O)c1snc(C(N)=O)c1N. The third-order valence-corrected chi connectivity index (χ3v) is 5.47. The van der Waals surface area contributed by atoms with Gasteiger partial charge in [0, 0.05) is 12.1 Å². The first-order valence-electron chi connectivity index (χ1n) is 10.3. The van der Waals surface area contributed by atoms with Crippen LogP contribution in [-0.2, 0) is 11.3 Å². The molecule has 0 spiro atoms. The molecule has 3 amide bonds. The highest BCUT2D eigenvalue weighted by Crippen LogP contribution is 2.26. The minimum Gasteiger partial charge on any atom is -0.395 e. The Kier molecular flexibility index (Phi) is 8.15. The van der Waals surface area contributed by atoms with Crippen LogP contribution in [0.25, 0.3) is 0 Å². The number of nitrogens with one attached hydrogen (secondary N) is 1. The van der Waals surface area contributed by atoms with E-state index in [1.165, 1.54) is 4.90 Å². The fourth-order valence-corrected chi connectivity index (χ4v) is 3.90. The van der Waals surface area contributed by atoms with Crippen molar-refractivity contribution in [3.05, 3.63) is 46.5 Å². The fourth-order valence-electron chi connectivity index (χ4n) is 3.14. The molecule has 5 N–H and O–H groups in total. The number of benzene rings is 1. The summed E-state index contributed by atoms with van der Waals surface area (Å²) in [5.74, 6) is -1.48. The molecule has 1 aromatic heterocycles. The number of primary amides is 1. The topological polar surface area (TPSA) is 131 Å². The molecular formula is C22H31N5O3S.